The van der Waals surface area contributed by atoms with E-state index in [-0.39, 0.29) is 0 Å². The Morgan fingerprint density at radius 2 is 2.14 bits per heavy atom. The zero-order valence-corrected chi connectivity index (χ0v) is 8.81. The number of nitrogens with zero attached hydrogens (tertiary/aromatic N) is 1. The van der Waals surface area contributed by atoms with E-state index in [0.717, 1.165) is 22.2 Å². The number of nitrogens with one attached hydrogen (secondary N) is 1. The maximum Gasteiger partial charge on any atom is 0.127 e. The lowest BCUT2D eigenvalue weighted by atomic mass is 10.1. The Morgan fingerprint density at radius 3 is 2.86 bits per heavy atom. The van der Waals surface area contributed by atoms with Gasteiger partial charge in [0.25, 0.3) is 0 Å². The number of fused-ring (bicyclic) bond motifs is 1. The van der Waals surface area contributed by atoms with E-state index in [0.29, 0.717) is 4.64 Å². The van der Waals surface area contributed by atoms with Gasteiger partial charge in [0.2, 0.25) is 0 Å². The third-order valence-electron chi connectivity index (χ3n) is 2.19. The van der Waals surface area contributed by atoms with Crippen LogP contribution in [0.25, 0.3) is 10.8 Å². The molecule has 3 nitrogen and oxygen atoms in total. The minimum absolute atomic E-state index is 0.660. The summed E-state index contributed by atoms with van der Waals surface area (Å²) in [5.74, 6) is 0.822. The van der Waals surface area contributed by atoms with E-state index in [2.05, 4.69) is 10.2 Å². The zero-order chi connectivity index (χ0) is 10.1. The Bertz CT molecular complexity index is 533. The van der Waals surface area contributed by atoms with Crippen molar-refractivity contribution in [2.75, 3.05) is 7.11 Å². The monoisotopic (exact) mass is 206 g/mol. The highest BCUT2D eigenvalue weighted by Crippen LogP contribution is 2.22. The number of hydrogen-bond acceptors (Lipinski definition) is 3. The highest BCUT2D eigenvalue weighted by Gasteiger charge is 2.01. The lowest BCUT2D eigenvalue weighted by molar-refractivity contribution is 0.415. The molecule has 0 aliphatic heterocycles. The van der Waals surface area contributed by atoms with Crippen LogP contribution in [0.15, 0.2) is 18.2 Å². The maximum atomic E-state index is 5.15. The molecule has 2 rings (SSSR count). The number of H-pyrrole nitrogens is 1. The summed E-state index contributed by atoms with van der Waals surface area (Å²) in [5.41, 5.74) is 0.924. The van der Waals surface area contributed by atoms with E-state index in [4.69, 9.17) is 17.0 Å². The van der Waals surface area contributed by atoms with Gasteiger partial charge >= 0.3 is 0 Å². The van der Waals surface area contributed by atoms with Crippen LogP contribution in [0.2, 0.25) is 0 Å². The summed E-state index contributed by atoms with van der Waals surface area (Å²) in [4.78, 5) is 0. The van der Waals surface area contributed by atoms with E-state index in [9.17, 15) is 0 Å². The highest BCUT2D eigenvalue weighted by molar-refractivity contribution is 7.71. The van der Waals surface area contributed by atoms with Gasteiger partial charge in [-0.25, -0.2) is 0 Å². The highest BCUT2D eigenvalue weighted by atomic mass is 32.1. The number of ether oxygens (including phenoxy) is 1. The van der Waals surface area contributed by atoms with Gasteiger partial charge in [-0.2, -0.15) is 5.10 Å². The summed E-state index contributed by atoms with van der Waals surface area (Å²) in [5, 5.41) is 8.94. The second-order valence-corrected chi connectivity index (χ2v) is 3.46. The molecular formula is C10H10N2OS. The molecule has 14 heavy (non-hydrogen) atoms. The predicted octanol–water partition coefficient (Wildman–Crippen LogP) is 2.61. The Balaban J connectivity index is 2.87. The van der Waals surface area contributed by atoms with Gasteiger partial charge in [0.15, 0.2) is 0 Å². The van der Waals surface area contributed by atoms with Gasteiger partial charge in [0, 0.05) is 10.8 Å². The normalized spacial score (nSPS) is 10.4. The Morgan fingerprint density at radius 1 is 1.36 bits per heavy atom. The molecule has 0 aliphatic rings. The summed E-state index contributed by atoms with van der Waals surface area (Å²) in [6.07, 6.45) is 0. The number of rotatable bonds is 1. The number of aromatic nitrogens is 2. The molecule has 0 saturated carbocycles. The van der Waals surface area contributed by atoms with Crippen molar-refractivity contribution in [2.45, 2.75) is 6.92 Å². The van der Waals surface area contributed by atoms with Gasteiger partial charge in [0.05, 0.1) is 12.8 Å². The first kappa shape index (κ1) is 9.15. The summed E-state index contributed by atoms with van der Waals surface area (Å²) in [6.45, 7) is 1.94. The fourth-order valence-electron chi connectivity index (χ4n) is 1.40. The van der Waals surface area contributed by atoms with E-state index < -0.39 is 0 Å². The van der Waals surface area contributed by atoms with Crippen molar-refractivity contribution < 1.29 is 4.74 Å². The van der Waals surface area contributed by atoms with E-state index >= 15 is 0 Å². The third kappa shape index (κ3) is 1.37. The quantitative estimate of drug-likeness (QED) is 0.729. The molecule has 72 valence electrons. The second-order valence-electron chi connectivity index (χ2n) is 3.05. The Hall–Kier alpha value is -1.42. The maximum absolute atomic E-state index is 5.15. The van der Waals surface area contributed by atoms with Crippen molar-refractivity contribution in [1.82, 2.24) is 10.2 Å². The summed E-state index contributed by atoms with van der Waals surface area (Å²) in [6, 6.07) is 5.79. The van der Waals surface area contributed by atoms with Crippen LogP contribution in [-0.4, -0.2) is 17.3 Å². The molecule has 1 aromatic heterocycles. The molecule has 4 heteroatoms. The fraction of sp³-hybridized carbons (Fsp3) is 0.200. The Kier molecular flexibility index (Phi) is 2.21. The average molecular weight is 206 g/mol. The van der Waals surface area contributed by atoms with Crippen LogP contribution in [0.4, 0.5) is 0 Å². The van der Waals surface area contributed by atoms with Crippen LogP contribution in [0.3, 0.4) is 0 Å². The van der Waals surface area contributed by atoms with Gasteiger partial charge < -0.3 is 4.74 Å². The molecule has 0 aliphatic carbocycles. The third-order valence-corrected chi connectivity index (χ3v) is 2.50. The molecule has 0 unspecified atom stereocenters. The van der Waals surface area contributed by atoms with Crippen LogP contribution in [0.1, 0.15) is 5.69 Å². The molecular weight excluding hydrogens is 196 g/mol. The smallest absolute Gasteiger partial charge is 0.127 e. The number of aryl methyl sites for hydroxylation is 1. The number of aromatic amines is 1. The number of methoxy groups -OCH3 is 1. The lowest BCUT2D eigenvalue weighted by Gasteiger charge is -2.04. The van der Waals surface area contributed by atoms with Crippen molar-refractivity contribution in [3.63, 3.8) is 0 Å². The van der Waals surface area contributed by atoms with Crippen LogP contribution in [0.5, 0.6) is 5.75 Å². The van der Waals surface area contributed by atoms with E-state index in [1.807, 2.05) is 25.1 Å². The predicted molar refractivity (Wildman–Crippen MR) is 58.2 cm³/mol. The van der Waals surface area contributed by atoms with Crippen molar-refractivity contribution in [2.24, 2.45) is 0 Å². The molecule has 0 bridgehead atoms. The van der Waals surface area contributed by atoms with Gasteiger partial charge in [-0.05, 0) is 25.1 Å². The molecule has 0 fully saturated rings. The van der Waals surface area contributed by atoms with Crippen LogP contribution >= 0.6 is 12.2 Å². The standard InChI is InChI=1S/C10H10N2OS/c1-6-9-5-7(13-2)3-4-8(9)10(14)12-11-6/h3-5H,1-2H3,(H,12,14). The topological polar surface area (TPSA) is 37.9 Å². The molecule has 2 aromatic rings. The van der Waals surface area contributed by atoms with Crippen LogP contribution < -0.4 is 4.74 Å². The summed E-state index contributed by atoms with van der Waals surface area (Å²) >= 11 is 5.13. The minimum atomic E-state index is 0.660. The molecule has 1 heterocycles. The van der Waals surface area contributed by atoms with Crippen molar-refractivity contribution in [1.29, 1.82) is 0 Å². The first-order chi connectivity index (χ1) is 6.72. The molecule has 0 amide bonds. The van der Waals surface area contributed by atoms with Crippen molar-refractivity contribution in [3.05, 3.63) is 28.5 Å². The molecule has 1 N–H and O–H groups in total. The largest absolute Gasteiger partial charge is 0.497 e. The van der Waals surface area contributed by atoms with Crippen molar-refractivity contribution in [3.8, 4) is 5.75 Å². The van der Waals surface area contributed by atoms with E-state index in [1.165, 1.54) is 0 Å². The van der Waals surface area contributed by atoms with Crippen LogP contribution in [0, 0.1) is 11.6 Å². The summed E-state index contributed by atoms with van der Waals surface area (Å²) in [7, 11) is 1.65. The van der Waals surface area contributed by atoms with Gasteiger partial charge in [-0.1, -0.05) is 12.2 Å². The fourth-order valence-corrected chi connectivity index (χ4v) is 1.63. The first-order valence-corrected chi connectivity index (χ1v) is 4.66. The van der Waals surface area contributed by atoms with Gasteiger partial charge in [0.1, 0.15) is 10.4 Å². The molecule has 0 spiro atoms. The van der Waals surface area contributed by atoms with Crippen LogP contribution in [-0.2, 0) is 0 Å². The second kappa shape index (κ2) is 3.38. The van der Waals surface area contributed by atoms with Gasteiger partial charge in [-0.15, -0.1) is 0 Å². The summed E-state index contributed by atoms with van der Waals surface area (Å²) < 4.78 is 5.81. The molecule has 0 radical (unpaired) electrons. The average Bonchev–Trinajstić information content (AvgIpc) is 2.23. The molecule has 0 atom stereocenters. The first-order valence-electron chi connectivity index (χ1n) is 4.25. The zero-order valence-electron chi connectivity index (χ0n) is 8.00. The number of hydrogen-bond donors (Lipinski definition) is 1. The number of benzene rings is 1. The Labute approximate surface area is 86.7 Å². The molecule has 1 aromatic carbocycles. The van der Waals surface area contributed by atoms with Gasteiger partial charge in [-0.3, -0.25) is 5.10 Å². The lowest BCUT2D eigenvalue weighted by Crippen LogP contribution is -1.91. The molecule has 0 saturated heterocycles. The van der Waals surface area contributed by atoms with Crippen molar-refractivity contribution >= 4 is 23.0 Å². The van der Waals surface area contributed by atoms with E-state index in [1.54, 1.807) is 7.11 Å². The minimum Gasteiger partial charge on any atom is -0.497 e. The SMILES string of the molecule is COc1ccc2c(=S)[nH]nc(C)c2c1.